The van der Waals surface area contributed by atoms with Crippen molar-refractivity contribution < 1.29 is 63.7 Å². The van der Waals surface area contributed by atoms with Gasteiger partial charge in [-0.1, -0.05) is 27.7 Å². The molecule has 17 heteroatoms. The third-order valence-electron chi connectivity index (χ3n) is 10.4. The third kappa shape index (κ3) is 11.8. The summed E-state index contributed by atoms with van der Waals surface area (Å²) in [7, 11) is 0. The van der Waals surface area contributed by atoms with E-state index < -0.39 is 23.8 Å². The Morgan fingerprint density at radius 1 is 0.418 bits per heavy atom. The molecule has 4 heterocycles. The van der Waals surface area contributed by atoms with Gasteiger partial charge in [0.25, 0.3) is 36.2 Å². The lowest BCUT2D eigenvalue weighted by molar-refractivity contribution is -0.0873. The van der Waals surface area contributed by atoms with Crippen molar-refractivity contribution in [3.63, 3.8) is 0 Å². The average molecular weight is 931 g/mol. The maximum absolute atomic E-state index is 12.4. The van der Waals surface area contributed by atoms with Gasteiger partial charge in [0, 0.05) is 90.5 Å². The van der Waals surface area contributed by atoms with E-state index >= 15 is 0 Å². The molecule has 0 saturated heterocycles. The van der Waals surface area contributed by atoms with Crippen LogP contribution in [0.4, 0.5) is 0 Å². The molecule has 67 heavy (non-hydrogen) atoms. The zero-order chi connectivity index (χ0) is 49.3. The Labute approximate surface area is 391 Å². The molecule has 364 valence electrons. The highest BCUT2D eigenvalue weighted by atomic mass is 16.7. The molecule has 4 amide bonds. The van der Waals surface area contributed by atoms with Gasteiger partial charge in [0.1, 0.15) is 23.0 Å². The summed E-state index contributed by atoms with van der Waals surface area (Å²) in [5.41, 5.74) is 0.362. The van der Waals surface area contributed by atoms with Gasteiger partial charge in [-0.05, 0) is 119 Å². The Morgan fingerprint density at radius 2 is 0.612 bits per heavy atom. The predicted molar refractivity (Wildman–Crippen MR) is 251 cm³/mol. The Hall–Kier alpha value is -6.24. The largest absolute Gasteiger partial charge is 0.451 e. The van der Waals surface area contributed by atoms with Gasteiger partial charge in [0.15, 0.2) is 11.2 Å². The second-order valence-corrected chi connectivity index (χ2v) is 15.5. The maximum Gasteiger partial charge on any atom is 0.278 e. The molecule has 0 aromatic heterocycles. The first kappa shape index (κ1) is 53.4. The van der Waals surface area contributed by atoms with E-state index in [1.165, 1.54) is 0 Å². The number of hydrogen-bond donors (Lipinski definition) is 9. The van der Waals surface area contributed by atoms with Crippen molar-refractivity contribution in [1.29, 1.82) is 0 Å². The molecule has 4 aliphatic rings. The summed E-state index contributed by atoms with van der Waals surface area (Å²) < 4.78 is 23.2. The first-order valence-corrected chi connectivity index (χ1v) is 22.9. The second-order valence-electron chi connectivity index (χ2n) is 15.5. The fraction of sp³-hybridized carbons (Fsp3) is 0.440. The molecule has 17 nitrogen and oxygen atoms in total. The van der Waals surface area contributed by atoms with E-state index in [1.807, 2.05) is 27.7 Å². The van der Waals surface area contributed by atoms with Crippen molar-refractivity contribution in [3.05, 3.63) is 117 Å². The average Bonchev–Trinajstić information content (AvgIpc) is 3.98. The molecule has 0 radical (unpaired) electrons. The van der Waals surface area contributed by atoms with Crippen molar-refractivity contribution in [1.82, 2.24) is 21.3 Å². The summed E-state index contributed by atoms with van der Waals surface area (Å²) in [6.07, 6.45) is 1.39. The van der Waals surface area contributed by atoms with E-state index in [9.17, 15) is 29.4 Å². The minimum Gasteiger partial charge on any atom is -0.451 e. The minimum atomic E-state index is -1.59. The number of carbonyl (C=O) groups excluding carboxylic acids is 4. The summed E-state index contributed by atoms with van der Waals surface area (Å²) in [5, 5.41) is 57.2. The van der Waals surface area contributed by atoms with Crippen LogP contribution >= 0.6 is 0 Å². The first-order chi connectivity index (χ1) is 32.2. The highest BCUT2D eigenvalue weighted by Crippen LogP contribution is 2.55. The van der Waals surface area contributed by atoms with Crippen LogP contribution < -0.4 is 40.2 Å². The van der Waals surface area contributed by atoms with Gasteiger partial charge in [-0.2, -0.15) is 0 Å². The smallest absolute Gasteiger partial charge is 0.278 e. The van der Waals surface area contributed by atoms with E-state index in [2.05, 4.69) is 21.3 Å². The highest BCUT2D eigenvalue weighted by Gasteiger charge is 2.58. The van der Waals surface area contributed by atoms with Crippen LogP contribution in [0, 0.1) is 0 Å². The number of aliphatic hydroxyl groups excluding tert-OH is 3. The van der Waals surface area contributed by atoms with E-state index in [1.54, 1.807) is 93.6 Å². The van der Waals surface area contributed by atoms with Crippen LogP contribution in [0.5, 0.6) is 23.0 Å². The fourth-order valence-corrected chi connectivity index (χ4v) is 7.30. The molecule has 0 unspecified atom stereocenters. The molecule has 4 aromatic carbocycles. The molecular formula is C50H66N4O13. The number of amides is 4. The molecule has 0 fully saturated rings. The van der Waals surface area contributed by atoms with Crippen molar-refractivity contribution >= 4 is 23.6 Å². The van der Waals surface area contributed by atoms with E-state index in [0.717, 1.165) is 25.7 Å². The van der Waals surface area contributed by atoms with Crippen LogP contribution in [0.15, 0.2) is 72.8 Å². The molecule has 4 aromatic rings. The molecule has 4 aliphatic heterocycles. The molecule has 8 rings (SSSR count). The van der Waals surface area contributed by atoms with Gasteiger partial charge in [-0.25, -0.2) is 0 Å². The van der Waals surface area contributed by atoms with Crippen molar-refractivity contribution in [2.45, 2.75) is 97.9 Å². The lowest BCUT2D eigenvalue weighted by atomic mass is 9.86. The number of nitrogens with one attached hydrogen (secondary N) is 4. The van der Waals surface area contributed by atoms with Gasteiger partial charge in [-0.3, -0.25) is 19.2 Å². The van der Waals surface area contributed by atoms with Crippen molar-refractivity contribution in [2.24, 2.45) is 0 Å². The van der Waals surface area contributed by atoms with Crippen LogP contribution in [0.2, 0.25) is 0 Å². The molecule has 0 saturated carbocycles. The minimum absolute atomic E-state index is 0.214. The van der Waals surface area contributed by atoms with Crippen LogP contribution in [-0.2, 0) is 11.2 Å². The quantitative estimate of drug-likeness (QED) is 0.0942. The normalized spacial score (nSPS) is 18.7. The molecule has 0 spiro atoms. The SMILES string of the molecule is CCCNC(=O)c1ccc2c(c1)C1(O)c3cc(C(=O)NCCC)ccc3OC1O2.CCCNC(=O)c1ccc2c(c1)C1(O)c3cc(C(=O)NCCC)ccc3OC1O2.CCO.CCO.CCO. The summed E-state index contributed by atoms with van der Waals surface area (Å²) >= 11 is 0. The van der Waals surface area contributed by atoms with Gasteiger partial charge >= 0.3 is 0 Å². The zero-order valence-electron chi connectivity index (χ0n) is 39.4. The van der Waals surface area contributed by atoms with Gasteiger partial charge < -0.3 is 65.7 Å². The number of rotatable bonds is 12. The predicted octanol–water partition coefficient (Wildman–Crippen LogP) is 4.62. The Morgan fingerprint density at radius 3 is 0.791 bits per heavy atom. The lowest BCUT2D eigenvalue weighted by Crippen LogP contribution is -2.37. The number of benzene rings is 4. The Kier molecular flexibility index (Phi) is 20.0. The second kappa shape index (κ2) is 25.0. The Balaban J connectivity index is 0.000000249. The van der Waals surface area contributed by atoms with E-state index in [0.29, 0.717) is 93.7 Å². The number of carbonyl (C=O) groups is 4. The van der Waals surface area contributed by atoms with E-state index in [4.69, 9.17) is 34.3 Å². The summed E-state index contributed by atoms with van der Waals surface area (Å²) in [6.45, 7) is 16.0. The summed E-state index contributed by atoms with van der Waals surface area (Å²) in [5.74, 6) is 0.961. The van der Waals surface area contributed by atoms with Crippen LogP contribution in [0.1, 0.15) is 138 Å². The fourth-order valence-electron chi connectivity index (χ4n) is 7.30. The summed E-state index contributed by atoms with van der Waals surface area (Å²) in [6, 6.07) is 19.8. The molecule has 0 atom stereocenters. The van der Waals surface area contributed by atoms with E-state index in [-0.39, 0.29) is 43.4 Å². The zero-order valence-corrected chi connectivity index (χ0v) is 39.4. The standard InChI is InChI=1S/2C22H24N2O5.3C2H6O/c2*1-3-9-23-19(25)13-5-7-17-15(11-13)22(27)16-12-14(20(26)24-10-4-2)6-8-18(16)29-21(22)28-17;3*1-2-3/h2*5-8,11-12,21,27H,3-4,9-10H2,1-2H3,(H,23,25)(H,24,26);3*3H,2H2,1H3. The number of aliphatic hydroxyl groups is 5. The topological polar surface area (TPSA) is 254 Å². The van der Waals surface area contributed by atoms with Crippen LogP contribution in [-0.4, -0.2) is 108 Å². The number of fused-ring (bicyclic) bond motifs is 10. The molecular weight excluding hydrogens is 865 g/mol. The van der Waals surface area contributed by atoms with Crippen LogP contribution in [0.25, 0.3) is 0 Å². The molecule has 0 bridgehead atoms. The summed E-state index contributed by atoms with van der Waals surface area (Å²) in [4.78, 5) is 49.5. The van der Waals surface area contributed by atoms with Gasteiger partial charge in [0.05, 0.1) is 0 Å². The van der Waals surface area contributed by atoms with Crippen molar-refractivity contribution in [2.75, 3.05) is 46.0 Å². The molecule has 9 N–H and O–H groups in total. The van der Waals surface area contributed by atoms with Crippen LogP contribution in [0.3, 0.4) is 0 Å². The third-order valence-corrected chi connectivity index (χ3v) is 10.4. The number of ether oxygens (including phenoxy) is 4. The highest BCUT2D eigenvalue weighted by molar-refractivity contribution is 5.97. The van der Waals surface area contributed by atoms with Gasteiger partial charge in [0.2, 0.25) is 0 Å². The lowest BCUT2D eigenvalue weighted by Gasteiger charge is -2.20. The Bertz CT molecular complexity index is 2010. The molecule has 0 aliphatic carbocycles. The monoisotopic (exact) mass is 930 g/mol. The number of hydrogen-bond acceptors (Lipinski definition) is 13. The maximum atomic E-state index is 12.4. The van der Waals surface area contributed by atoms with Gasteiger partial charge in [-0.15, -0.1) is 0 Å². The first-order valence-electron chi connectivity index (χ1n) is 22.9. The van der Waals surface area contributed by atoms with Crippen molar-refractivity contribution in [3.8, 4) is 23.0 Å².